The molecular formula is C23H25F3N6O. The summed E-state index contributed by atoms with van der Waals surface area (Å²) in [5, 5.41) is 11.2. The maximum atomic E-state index is 13.2. The fourth-order valence-corrected chi connectivity index (χ4v) is 4.01. The molecule has 1 aliphatic rings. The number of nitrogens with zero attached hydrogens (tertiary/aromatic N) is 5. The van der Waals surface area contributed by atoms with Crippen LogP contribution in [0.2, 0.25) is 0 Å². The van der Waals surface area contributed by atoms with Gasteiger partial charge in [0.25, 0.3) is 0 Å². The van der Waals surface area contributed by atoms with Crippen molar-refractivity contribution in [2.75, 3.05) is 17.3 Å². The molecular weight excluding hydrogens is 433 g/mol. The maximum Gasteiger partial charge on any atom is 0.416 e. The molecule has 1 atom stereocenters. The Kier molecular flexibility index (Phi) is 5.85. The summed E-state index contributed by atoms with van der Waals surface area (Å²) in [4.78, 5) is 18.6. The van der Waals surface area contributed by atoms with Crippen LogP contribution >= 0.6 is 0 Å². The van der Waals surface area contributed by atoms with Crippen molar-refractivity contribution < 1.29 is 18.0 Å². The molecule has 1 aliphatic heterocycles. The van der Waals surface area contributed by atoms with Gasteiger partial charge in [-0.15, -0.1) is 5.10 Å². The first-order valence-electron chi connectivity index (χ1n) is 10.6. The summed E-state index contributed by atoms with van der Waals surface area (Å²) < 4.78 is 41.1. The SMILES string of the molecule is Cc1nc(CCc2cn(Cc3cccc(C(F)(F)F)c3C)nn2)cc2c1NC(=O)[C@H](C)N2C. The molecule has 3 aromatic rings. The fraction of sp³-hybridized carbons (Fsp3) is 0.391. The van der Waals surface area contributed by atoms with E-state index < -0.39 is 11.7 Å². The largest absolute Gasteiger partial charge is 0.416 e. The van der Waals surface area contributed by atoms with E-state index in [-0.39, 0.29) is 24.1 Å². The number of rotatable bonds is 5. The minimum Gasteiger partial charge on any atom is -0.361 e. The van der Waals surface area contributed by atoms with Gasteiger partial charge < -0.3 is 10.2 Å². The summed E-state index contributed by atoms with van der Waals surface area (Å²) in [6, 6.07) is 5.86. The second-order valence-corrected chi connectivity index (χ2v) is 8.36. The molecule has 33 heavy (non-hydrogen) atoms. The molecule has 1 N–H and O–H groups in total. The zero-order chi connectivity index (χ0) is 23.9. The normalized spacial score (nSPS) is 16.0. The number of halogens is 3. The smallest absolute Gasteiger partial charge is 0.361 e. The van der Waals surface area contributed by atoms with Crippen molar-refractivity contribution in [2.45, 2.75) is 52.4 Å². The van der Waals surface area contributed by atoms with Crippen LogP contribution in [0.4, 0.5) is 24.5 Å². The number of alkyl halides is 3. The van der Waals surface area contributed by atoms with Gasteiger partial charge in [-0.25, -0.2) is 4.68 Å². The molecule has 2 aromatic heterocycles. The van der Waals surface area contributed by atoms with Crippen molar-refractivity contribution in [3.05, 3.63) is 64.2 Å². The van der Waals surface area contributed by atoms with Gasteiger partial charge in [0.1, 0.15) is 6.04 Å². The first-order chi connectivity index (χ1) is 15.5. The molecule has 0 saturated heterocycles. The van der Waals surface area contributed by atoms with Crippen molar-refractivity contribution in [2.24, 2.45) is 0 Å². The number of aryl methyl sites for hydroxylation is 3. The Morgan fingerprint density at radius 3 is 2.61 bits per heavy atom. The lowest BCUT2D eigenvalue weighted by molar-refractivity contribution is -0.138. The lowest BCUT2D eigenvalue weighted by Gasteiger charge is -2.34. The van der Waals surface area contributed by atoms with Crippen LogP contribution in [0.5, 0.6) is 0 Å². The standard InChI is InChI=1S/C23H25F3N6O/c1-13-16(6-5-7-19(13)23(24,25)26)11-32-12-18(29-30-32)9-8-17-10-20-21(14(2)27-17)28-22(33)15(3)31(20)4/h5-7,10,12,15H,8-9,11H2,1-4H3,(H,28,33)/t15-/m0/s1. The minimum absolute atomic E-state index is 0.0599. The molecule has 0 saturated carbocycles. The van der Waals surface area contributed by atoms with E-state index in [4.69, 9.17) is 0 Å². The van der Waals surface area contributed by atoms with Gasteiger partial charge in [-0.3, -0.25) is 9.78 Å². The maximum absolute atomic E-state index is 13.2. The molecule has 3 heterocycles. The van der Waals surface area contributed by atoms with Crippen molar-refractivity contribution >= 4 is 17.3 Å². The molecule has 0 aliphatic carbocycles. The second kappa shape index (κ2) is 8.49. The first kappa shape index (κ1) is 22.8. The second-order valence-electron chi connectivity index (χ2n) is 8.36. The Morgan fingerprint density at radius 2 is 1.88 bits per heavy atom. The Hall–Kier alpha value is -3.43. The number of anilines is 2. The van der Waals surface area contributed by atoms with Crippen LogP contribution in [0, 0.1) is 13.8 Å². The lowest BCUT2D eigenvalue weighted by Crippen LogP contribution is -2.44. The topological polar surface area (TPSA) is 75.9 Å². The molecule has 1 amide bonds. The molecule has 174 valence electrons. The number of hydrogen-bond donors (Lipinski definition) is 1. The molecule has 0 fully saturated rings. The number of nitrogens with one attached hydrogen (secondary N) is 1. The van der Waals surface area contributed by atoms with Gasteiger partial charge in [0.05, 0.1) is 34.9 Å². The molecule has 7 nitrogen and oxygen atoms in total. The van der Waals surface area contributed by atoms with E-state index in [1.807, 2.05) is 31.9 Å². The van der Waals surface area contributed by atoms with Crippen molar-refractivity contribution in [3.8, 4) is 0 Å². The summed E-state index contributed by atoms with van der Waals surface area (Å²) in [6.45, 7) is 5.39. The molecule has 0 bridgehead atoms. The van der Waals surface area contributed by atoms with Gasteiger partial charge in [-0.1, -0.05) is 17.3 Å². The van der Waals surface area contributed by atoms with Crippen LogP contribution in [0.3, 0.4) is 0 Å². The third-order valence-corrected chi connectivity index (χ3v) is 6.13. The van der Waals surface area contributed by atoms with Crippen LogP contribution < -0.4 is 10.2 Å². The van der Waals surface area contributed by atoms with Crippen LogP contribution in [-0.2, 0) is 30.4 Å². The lowest BCUT2D eigenvalue weighted by atomic mass is 10.0. The monoisotopic (exact) mass is 458 g/mol. The summed E-state index contributed by atoms with van der Waals surface area (Å²) in [7, 11) is 1.88. The number of pyridine rings is 1. The molecule has 0 unspecified atom stereocenters. The van der Waals surface area contributed by atoms with E-state index in [1.165, 1.54) is 13.0 Å². The molecule has 4 rings (SSSR count). The van der Waals surface area contributed by atoms with Crippen molar-refractivity contribution in [3.63, 3.8) is 0 Å². The highest BCUT2D eigenvalue weighted by Crippen LogP contribution is 2.34. The highest BCUT2D eigenvalue weighted by Gasteiger charge is 2.33. The van der Waals surface area contributed by atoms with E-state index >= 15 is 0 Å². The third kappa shape index (κ3) is 4.55. The minimum atomic E-state index is -4.39. The Labute approximate surface area is 189 Å². The first-order valence-corrected chi connectivity index (χ1v) is 10.6. The van der Waals surface area contributed by atoms with Crippen molar-refractivity contribution in [1.29, 1.82) is 0 Å². The van der Waals surface area contributed by atoms with Crippen LogP contribution in [0.1, 0.15) is 40.7 Å². The van der Waals surface area contributed by atoms with E-state index in [1.54, 1.807) is 16.9 Å². The Bertz CT molecular complexity index is 1200. The zero-order valence-corrected chi connectivity index (χ0v) is 18.9. The number of benzene rings is 1. The van der Waals surface area contributed by atoms with Gasteiger partial charge in [0, 0.05) is 18.9 Å². The molecule has 0 spiro atoms. The van der Waals surface area contributed by atoms with Crippen molar-refractivity contribution in [1.82, 2.24) is 20.0 Å². The van der Waals surface area contributed by atoms with E-state index in [2.05, 4.69) is 20.6 Å². The Balaban J connectivity index is 1.47. The highest BCUT2D eigenvalue weighted by atomic mass is 19.4. The van der Waals surface area contributed by atoms with Gasteiger partial charge in [0.2, 0.25) is 5.91 Å². The van der Waals surface area contributed by atoms with Gasteiger partial charge in [-0.05, 0) is 56.9 Å². The van der Waals surface area contributed by atoms with Crippen LogP contribution in [-0.4, -0.2) is 39.0 Å². The average Bonchev–Trinajstić information content (AvgIpc) is 3.19. The summed E-state index contributed by atoms with van der Waals surface area (Å²) in [6.07, 6.45) is -1.44. The number of likely N-dealkylation sites (N-methyl/N-ethyl adjacent to an activating group) is 1. The average molecular weight is 458 g/mol. The summed E-state index contributed by atoms with van der Waals surface area (Å²) in [5.41, 5.74) is 4.10. The predicted octanol–water partition coefficient (Wildman–Crippen LogP) is 3.92. The third-order valence-electron chi connectivity index (χ3n) is 6.13. The van der Waals surface area contributed by atoms with E-state index in [0.717, 1.165) is 34.5 Å². The fourth-order valence-electron chi connectivity index (χ4n) is 4.01. The molecule has 1 aromatic carbocycles. The molecule has 10 heteroatoms. The van der Waals surface area contributed by atoms with Crippen LogP contribution in [0.15, 0.2) is 30.5 Å². The van der Waals surface area contributed by atoms with Crippen LogP contribution in [0.25, 0.3) is 0 Å². The predicted molar refractivity (Wildman–Crippen MR) is 118 cm³/mol. The van der Waals surface area contributed by atoms with Gasteiger partial charge in [0.15, 0.2) is 0 Å². The number of carbonyl (C=O) groups is 1. The Morgan fingerprint density at radius 1 is 1.15 bits per heavy atom. The number of amides is 1. The van der Waals surface area contributed by atoms with E-state index in [9.17, 15) is 18.0 Å². The number of carbonyl (C=O) groups excluding carboxylic acids is 1. The van der Waals surface area contributed by atoms with E-state index in [0.29, 0.717) is 18.4 Å². The van der Waals surface area contributed by atoms with Gasteiger partial charge >= 0.3 is 6.18 Å². The summed E-state index contributed by atoms with van der Waals surface area (Å²) >= 11 is 0. The number of aromatic nitrogens is 4. The number of hydrogen-bond acceptors (Lipinski definition) is 5. The molecule has 0 radical (unpaired) electrons. The highest BCUT2D eigenvalue weighted by molar-refractivity contribution is 6.03. The summed E-state index contributed by atoms with van der Waals surface area (Å²) in [5.74, 6) is -0.0599. The quantitative estimate of drug-likeness (QED) is 0.627. The zero-order valence-electron chi connectivity index (χ0n) is 18.9. The van der Waals surface area contributed by atoms with Gasteiger partial charge in [-0.2, -0.15) is 13.2 Å². The number of fused-ring (bicyclic) bond motifs is 1.